The molecule has 0 spiro atoms. The molecule has 0 bridgehead atoms. The number of hydrogen-bond donors (Lipinski definition) is 2. The topological polar surface area (TPSA) is 69.6 Å². The van der Waals surface area contributed by atoms with Crippen LogP contribution in [0.1, 0.15) is 18.9 Å². The molecule has 1 aromatic carbocycles. The predicted octanol–water partition coefficient (Wildman–Crippen LogP) is 2.01. The molecule has 0 saturated carbocycles. The molecule has 20 heavy (non-hydrogen) atoms. The van der Waals surface area contributed by atoms with Crippen LogP contribution in [0.3, 0.4) is 0 Å². The molecule has 106 valence electrons. The van der Waals surface area contributed by atoms with E-state index in [2.05, 4.69) is 11.2 Å². The molecule has 1 atom stereocenters. The number of anilines is 1. The molecule has 5 heteroatoms. The Morgan fingerprint density at radius 1 is 1.50 bits per heavy atom. The van der Waals surface area contributed by atoms with Gasteiger partial charge in [-0.2, -0.15) is 0 Å². The number of benzene rings is 1. The zero-order valence-electron chi connectivity index (χ0n) is 11.6. The van der Waals surface area contributed by atoms with Crippen molar-refractivity contribution in [2.24, 2.45) is 0 Å². The van der Waals surface area contributed by atoms with Gasteiger partial charge in [-0.15, -0.1) is 12.3 Å². The maximum atomic E-state index is 12.2. The number of urea groups is 1. The maximum Gasteiger partial charge on any atom is 0.327 e. The monoisotopic (exact) mass is 274 g/mol. The van der Waals surface area contributed by atoms with E-state index < -0.39 is 18.0 Å². The van der Waals surface area contributed by atoms with Crippen LogP contribution in [0.4, 0.5) is 10.5 Å². The quantitative estimate of drug-likeness (QED) is 0.807. The molecular formula is C15H18N2O3. The minimum absolute atomic E-state index is 0.0492. The van der Waals surface area contributed by atoms with Crippen molar-refractivity contribution >= 4 is 17.7 Å². The van der Waals surface area contributed by atoms with Crippen molar-refractivity contribution in [2.45, 2.75) is 26.3 Å². The van der Waals surface area contributed by atoms with E-state index >= 15 is 0 Å². The van der Waals surface area contributed by atoms with Gasteiger partial charge in [0.05, 0.1) is 0 Å². The lowest BCUT2D eigenvalue weighted by atomic mass is 10.2. The van der Waals surface area contributed by atoms with Gasteiger partial charge >= 0.3 is 12.0 Å². The molecule has 1 rings (SSSR count). The lowest BCUT2D eigenvalue weighted by Gasteiger charge is -2.23. The summed E-state index contributed by atoms with van der Waals surface area (Å²) in [4.78, 5) is 24.6. The van der Waals surface area contributed by atoms with Gasteiger partial charge in [-0.25, -0.2) is 9.59 Å². The van der Waals surface area contributed by atoms with Crippen LogP contribution in [0.2, 0.25) is 0 Å². The van der Waals surface area contributed by atoms with Gasteiger partial charge in [0.15, 0.2) is 0 Å². The van der Waals surface area contributed by atoms with E-state index in [1.807, 2.05) is 32.0 Å². The number of nitrogens with one attached hydrogen (secondary N) is 1. The highest BCUT2D eigenvalue weighted by Gasteiger charge is 2.22. The summed E-state index contributed by atoms with van der Waals surface area (Å²) in [6.07, 6.45) is 5.06. The first kappa shape index (κ1) is 15.6. The maximum absolute atomic E-state index is 12.2. The second-order valence-electron chi connectivity index (χ2n) is 4.33. The number of terminal acetylenes is 1. The van der Waals surface area contributed by atoms with E-state index in [1.54, 1.807) is 6.07 Å². The summed E-state index contributed by atoms with van der Waals surface area (Å²) in [5.74, 6) is 1.10. The molecule has 1 aromatic rings. The Balaban J connectivity index is 2.87. The fourth-order valence-corrected chi connectivity index (χ4v) is 1.78. The van der Waals surface area contributed by atoms with Gasteiger partial charge in [0.2, 0.25) is 0 Å². The third-order valence-electron chi connectivity index (χ3n) is 2.79. The normalized spacial score (nSPS) is 11.2. The summed E-state index contributed by atoms with van der Waals surface area (Å²) in [5, 5.41) is 11.4. The van der Waals surface area contributed by atoms with Gasteiger partial charge in [-0.3, -0.25) is 4.90 Å². The van der Waals surface area contributed by atoms with Gasteiger partial charge in [-0.05, 0) is 31.5 Å². The van der Waals surface area contributed by atoms with Gasteiger partial charge in [0.25, 0.3) is 0 Å². The third-order valence-corrected chi connectivity index (χ3v) is 2.79. The summed E-state index contributed by atoms with van der Waals surface area (Å²) in [6.45, 7) is 4.17. The smallest absolute Gasteiger partial charge is 0.327 e. The number of nitrogens with zero attached hydrogens (tertiary/aromatic N) is 1. The van der Waals surface area contributed by atoms with Crippen molar-refractivity contribution in [2.75, 3.05) is 11.4 Å². The average molecular weight is 274 g/mol. The Morgan fingerprint density at radius 2 is 2.20 bits per heavy atom. The number of hydrogen-bond acceptors (Lipinski definition) is 2. The fraction of sp³-hybridized carbons (Fsp3) is 0.333. The highest BCUT2D eigenvalue weighted by atomic mass is 16.4. The number of amides is 2. The molecular weight excluding hydrogens is 256 g/mol. The molecule has 0 saturated heterocycles. The summed E-state index contributed by atoms with van der Waals surface area (Å²) in [7, 11) is 0. The van der Waals surface area contributed by atoms with E-state index in [9.17, 15) is 9.59 Å². The van der Waals surface area contributed by atoms with Gasteiger partial charge in [-0.1, -0.05) is 12.1 Å². The fourth-order valence-electron chi connectivity index (χ4n) is 1.78. The minimum atomic E-state index is -1.14. The molecule has 5 nitrogen and oxygen atoms in total. The summed E-state index contributed by atoms with van der Waals surface area (Å²) < 4.78 is 0. The molecule has 1 unspecified atom stereocenters. The number of carbonyl (C=O) groups is 2. The largest absolute Gasteiger partial charge is 0.480 e. The first-order chi connectivity index (χ1) is 9.49. The molecule has 0 aliphatic rings. The van der Waals surface area contributed by atoms with E-state index in [4.69, 9.17) is 11.5 Å². The molecule has 2 amide bonds. The molecule has 0 heterocycles. The van der Waals surface area contributed by atoms with Crippen LogP contribution in [0.5, 0.6) is 0 Å². The third kappa shape index (κ3) is 4.02. The number of carboxylic acid groups (broad SMARTS) is 1. The SMILES string of the molecule is C#CCC(NC(=O)N(CC)c1cccc(C)c1)C(=O)O. The van der Waals surface area contributed by atoms with Gasteiger partial charge in [0.1, 0.15) is 6.04 Å². The van der Waals surface area contributed by atoms with Crippen LogP contribution < -0.4 is 10.2 Å². The van der Waals surface area contributed by atoms with Crippen LogP contribution in [0.15, 0.2) is 24.3 Å². The predicted molar refractivity (Wildman–Crippen MR) is 77.6 cm³/mol. The Kier molecular flexibility index (Phi) is 5.60. The van der Waals surface area contributed by atoms with E-state index in [1.165, 1.54) is 4.90 Å². The molecule has 0 radical (unpaired) electrons. The molecule has 0 aliphatic carbocycles. The van der Waals surface area contributed by atoms with E-state index in [-0.39, 0.29) is 6.42 Å². The summed E-state index contributed by atoms with van der Waals surface area (Å²) in [5.41, 5.74) is 1.74. The first-order valence-corrected chi connectivity index (χ1v) is 6.30. The number of aliphatic carboxylic acids is 1. The summed E-state index contributed by atoms with van der Waals surface area (Å²) in [6, 6.07) is 5.88. The molecule has 0 aromatic heterocycles. The second kappa shape index (κ2) is 7.19. The number of rotatable bonds is 5. The van der Waals surface area contributed by atoms with Crippen molar-refractivity contribution < 1.29 is 14.7 Å². The average Bonchev–Trinajstić information content (AvgIpc) is 2.39. The van der Waals surface area contributed by atoms with Crippen LogP contribution in [0, 0.1) is 19.3 Å². The van der Waals surface area contributed by atoms with Crippen LogP contribution in [-0.4, -0.2) is 29.7 Å². The van der Waals surface area contributed by atoms with Gasteiger partial charge in [0, 0.05) is 18.7 Å². The lowest BCUT2D eigenvalue weighted by molar-refractivity contribution is -0.139. The zero-order valence-corrected chi connectivity index (χ0v) is 11.6. The zero-order chi connectivity index (χ0) is 15.1. The Labute approximate surface area is 118 Å². The second-order valence-corrected chi connectivity index (χ2v) is 4.33. The van der Waals surface area contributed by atoms with Crippen molar-refractivity contribution in [1.82, 2.24) is 5.32 Å². The van der Waals surface area contributed by atoms with Crippen molar-refractivity contribution in [3.8, 4) is 12.3 Å². The van der Waals surface area contributed by atoms with Crippen molar-refractivity contribution in [3.05, 3.63) is 29.8 Å². The number of carbonyl (C=O) groups excluding carboxylic acids is 1. The summed E-state index contributed by atoms with van der Waals surface area (Å²) >= 11 is 0. The van der Waals surface area contributed by atoms with Crippen LogP contribution >= 0.6 is 0 Å². The van der Waals surface area contributed by atoms with Crippen molar-refractivity contribution in [3.63, 3.8) is 0 Å². The van der Waals surface area contributed by atoms with E-state index in [0.29, 0.717) is 6.54 Å². The molecule has 0 fully saturated rings. The first-order valence-electron chi connectivity index (χ1n) is 6.30. The molecule has 0 aliphatic heterocycles. The number of aryl methyl sites for hydroxylation is 1. The minimum Gasteiger partial charge on any atom is -0.480 e. The highest BCUT2D eigenvalue weighted by Crippen LogP contribution is 2.16. The Morgan fingerprint density at radius 3 is 2.70 bits per heavy atom. The number of carboxylic acids is 1. The van der Waals surface area contributed by atoms with Crippen LogP contribution in [0.25, 0.3) is 0 Å². The van der Waals surface area contributed by atoms with Crippen molar-refractivity contribution in [1.29, 1.82) is 0 Å². The standard InChI is InChI=1S/C15H18N2O3/c1-4-7-13(14(18)19)16-15(20)17(5-2)12-9-6-8-11(3)10-12/h1,6,8-10,13H,5,7H2,2-3H3,(H,16,20)(H,18,19). The Bertz CT molecular complexity index is 534. The highest BCUT2D eigenvalue weighted by molar-refractivity contribution is 5.94. The van der Waals surface area contributed by atoms with Gasteiger partial charge < -0.3 is 10.4 Å². The lowest BCUT2D eigenvalue weighted by Crippen LogP contribution is -2.48. The molecule has 2 N–H and O–H groups in total. The van der Waals surface area contributed by atoms with Crippen LogP contribution in [-0.2, 0) is 4.79 Å². The van der Waals surface area contributed by atoms with E-state index in [0.717, 1.165) is 11.3 Å². The Hall–Kier alpha value is -2.48.